The maximum atomic E-state index is 5.92. The van der Waals surface area contributed by atoms with E-state index in [4.69, 9.17) is 18.9 Å². The lowest BCUT2D eigenvalue weighted by molar-refractivity contribution is 0.282. The van der Waals surface area contributed by atoms with Gasteiger partial charge in [0.2, 0.25) is 0 Å². The van der Waals surface area contributed by atoms with E-state index in [0.29, 0.717) is 36.2 Å². The number of hydrogen-bond acceptors (Lipinski definition) is 4. The summed E-state index contributed by atoms with van der Waals surface area (Å²) in [7, 11) is 3.26. The molecule has 3 aromatic carbocycles. The Morgan fingerprint density at radius 3 is 1.33 bits per heavy atom. The minimum atomic E-state index is 0.446. The van der Waals surface area contributed by atoms with Gasteiger partial charge in [0.25, 0.3) is 0 Å². The fourth-order valence-electron chi connectivity index (χ4n) is 2.91. The summed E-state index contributed by atoms with van der Waals surface area (Å²) in [5.41, 5.74) is 4.08. The lowest BCUT2D eigenvalue weighted by Gasteiger charge is -2.13. The van der Waals surface area contributed by atoms with Crippen molar-refractivity contribution in [3.8, 4) is 23.0 Å². The van der Waals surface area contributed by atoms with Gasteiger partial charge in [-0.1, -0.05) is 61.7 Å². The first-order valence-corrected chi connectivity index (χ1v) is 9.61. The van der Waals surface area contributed by atoms with E-state index in [1.54, 1.807) is 26.4 Å². The van der Waals surface area contributed by atoms with Crippen molar-refractivity contribution in [1.82, 2.24) is 0 Å². The molecule has 0 heterocycles. The van der Waals surface area contributed by atoms with E-state index in [9.17, 15) is 0 Å². The van der Waals surface area contributed by atoms with E-state index in [0.717, 1.165) is 22.3 Å². The fourth-order valence-corrected chi connectivity index (χ4v) is 2.91. The van der Waals surface area contributed by atoms with Crippen molar-refractivity contribution in [2.24, 2.45) is 0 Å². The van der Waals surface area contributed by atoms with Gasteiger partial charge in [0.05, 0.1) is 14.2 Å². The molecule has 0 unspecified atom stereocenters. The highest BCUT2D eigenvalue weighted by atomic mass is 16.5. The number of hydrogen-bond donors (Lipinski definition) is 0. The van der Waals surface area contributed by atoms with E-state index >= 15 is 0 Å². The highest BCUT2D eigenvalue weighted by molar-refractivity contribution is 5.55. The molecule has 0 aromatic heterocycles. The van der Waals surface area contributed by atoms with Crippen molar-refractivity contribution in [2.45, 2.75) is 13.2 Å². The van der Waals surface area contributed by atoms with Gasteiger partial charge in [0.1, 0.15) is 13.2 Å². The molecule has 0 aliphatic rings. The summed E-state index contributed by atoms with van der Waals surface area (Å²) in [4.78, 5) is 0. The van der Waals surface area contributed by atoms with Crippen LogP contribution in [-0.4, -0.2) is 14.2 Å². The average molecular weight is 402 g/mol. The Morgan fingerprint density at radius 1 is 0.600 bits per heavy atom. The van der Waals surface area contributed by atoms with Crippen LogP contribution in [0, 0.1) is 0 Å². The molecular weight excluding hydrogens is 376 g/mol. The number of benzene rings is 3. The van der Waals surface area contributed by atoms with Gasteiger partial charge in [-0.3, -0.25) is 0 Å². The second-order valence-electron chi connectivity index (χ2n) is 6.62. The largest absolute Gasteiger partial charge is 0.493 e. The molecule has 0 radical (unpaired) electrons. The van der Waals surface area contributed by atoms with Crippen molar-refractivity contribution in [1.29, 1.82) is 0 Å². The molecule has 30 heavy (non-hydrogen) atoms. The van der Waals surface area contributed by atoms with Gasteiger partial charge in [0.15, 0.2) is 23.0 Å². The van der Waals surface area contributed by atoms with Gasteiger partial charge in [-0.2, -0.15) is 0 Å². The molecule has 0 aliphatic heterocycles. The van der Waals surface area contributed by atoms with Crippen molar-refractivity contribution in [2.75, 3.05) is 14.2 Å². The second-order valence-corrected chi connectivity index (χ2v) is 6.62. The quantitative estimate of drug-likeness (QED) is 0.408. The van der Waals surface area contributed by atoms with Crippen LogP contribution < -0.4 is 18.9 Å². The van der Waals surface area contributed by atoms with E-state index in [1.165, 1.54) is 0 Å². The van der Waals surface area contributed by atoms with Crippen molar-refractivity contribution >= 4 is 12.2 Å². The SMILES string of the molecule is C=Cc1ccc(OCc2ccc(COc3ccc(C=C)cc3OC)cc2)c(OC)c1. The third kappa shape index (κ3) is 5.23. The molecule has 0 amide bonds. The molecule has 3 rings (SSSR count). The number of rotatable bonds is 10. The number of methoxy groups -OCH3 is 2. The van der Waals surface area contributed by atoms with Crippen LogP contribution >= 0.6 is 0 Å². The summed E-state index contributed by atoms with van der Waals surface area (Å²) in [6.45, 7) is 8.44. The Labute approximate surface area is 178 Å². The predicted molar refractivity (Wildman–Crippen MR) is 121 cm³/mol. The summed E-state index contributed by atoms with van der Waals surface area (Å²) in [5.74, 6) is 2.78. The lowest BCUT2D eigenvalue weighted by Crippen LogP contribution is -2.00. The van der Waals surface area contributed by atoms with Crippen LogP contribution in [0.3, 0.4) is 0 Å². The summed E-state index contributed by atoms with van der Waals surface area (Å²) in [5, 5.41) is 0. The fraction of sp³-hybridized carbons (Fsp3) is 0.154. The summed E-state index contributed by atoms with van der Waals surface area (Å²) in [6.07, 6.45) is 3.55. The van der Waals surface area contributed by atoms with Gasteiger partial charge >= 0.3 is 0 Å². The Hall–Kier alpha value is -3.66. The summed E-state index contributed by atoms with van der Waals surface area (Å²) < 4.78 is 22.6. The van der Waals surface area contributed by atoms with Gasteiger partial charge in [-0.25, -0.2) is 0 Å². The predicted octanol–water partition coefficient (Wildman–Crippen LogP) is 6.15. The van der Waals surface area contributed by atoms with E-state index < -0.39 is 0 Å². The number of ether oxygens (including phenoxy) is 4. The molecule has 4 nitrogen and oxygen atoms in total. The highest BCUT2D eigenvalue weighted by Crippen LogP contribution is 2.30. The molecule has 0 aliphatic carbocycles. The third-order valence-electron chi connectivity index (χ3n) is 4.66. The van der Waals surface area contributed by atoms with Crippen LogP contribution in [0.2, 0.25) is 0 Å². The first kappa shape index (κ1) is 21.1. The zero-order valence-electron chi connectivity index (χ0n) is 17.4. The van der Waals surface area contributed by atoms with Crippen LogP contribution in [0.1, 0.15) is 22.3 Å². The molecule has 0 saturated carbocycles. The van der Waals surface area contributed by atoms with Crippen LogP contribution in [0.15, 0.2) is 73.8 Å². The minimum Gasteiger partial charge on any atom is -0.493 e. The molecule has 0 N–H and O–H groups in total. The first-order chi connectivity index (χ1) is 14.7. The topological polar surface area (TPSA) is 36.9 Å². The van der Waals surface area contributed by atoms with Crippen LogP contribution in [0.5, 0.6) is 23.0 Å². The monoisotopic (exact) mass is 402 g/mol. The molecule has 4 heteroatoms. The van der Waals surface area contributed by atoms with E-state index in [2.05, 4.69) is 13.2 Å². The van der Waals surface area contributed by atoms with E-state index in [-0.39, 0.29) is 0 Å². The van der Waals surface area contributed by atoms with Gasteiger partial charge in [0, 0.05) is 0 Å². The van der Waals surface area contributed by atoms with Crippen LogP contribution in [0.4, 0.5) is 0 Å². The molecule has 0 bridgehead atoms. The molecular formula is C26H26O4. The maximum absolute atomic E-state index is 5.92. The minimum absolute atomic E-state index is 0.446. The standard InChI is InChI=1S/C26H26O4/c1-5-19-11-13-23(25(15-19)27-3)29-17-21-7-9-22(10-8-21)18-30-24-14-12-20(6-2)16-26(24)28-4/h5-16H,1-2,17-18H2,3-4H3. The normalized spacial score (nSPS) is 10.2. The third-order valence-corrected chi connectivity index (χ3v) is 4.66. The molecule has 0 atom stereocenters. The van der Waals surface area contributed by atoms with Gasteiger partial charge in [-0.05, 0) is 46.5 Å². The first-order valence-electron chi connectivity index (χ1n) is 9.61. The Morgan fingerprint density at radius 2 is 1.00 bits per heavy atom. The van der Waals surface area contributed by atoms with E-state index in [1.807, 2.05) is 60.7 Å². The summed E-state index contributed by atoms with van der Waals surface area (Å²) >= 11 is 0. The molecule has 0 fully saturated rings. The lowest BCUT2D eigenvalue weighted by atomic mass is 10.1. The van der Waals surface area contributed by atoms with Crippen LogP contribution in [-0.2, 0) is 13.2 Å². The second kappa shape index (κ2) is 10.2. The Kier molecular flexibility index (Phi) is 7.17. The molecule has 154 valence electrons. The zero-order valence-corrected chi connectivity index (χ0v) is 17.4. The highest BCUT2D eigenvalue weighted by Gasteiger charge is 2.07. The zero-order chi connectivity index (χ0) is 21.3. The van der Waals surface area contributed by atoms with Gasteiger partial charge in [-0.15, -0.1) is 0 Å². The van der Waals surface area contributed by atoms with Crippen LogP contribution in [0.25, 0.3) is 12.2 Å². The molecule has 0 spiro atoms. The van der Waals surface area contributed by atoms with Gasteiger partial charge < -0.3 is 18.9 Å². The Balaban J connectivity index is 1.59. The molecule has 3 aromatic rings. The van der Waals surface area contributed by atoms with Crippen molar-refractivity contribution in [3.05, 3.63) is 96.1 Å². The smallest absolute Gasteiger partial charge is 0.161 e. The van der Waals surface area contributed by atoms with Crippen molar-refractivity contribution < 1.29 is 18.9 Å². The Bertz CT molecular complexity index is 924. The summed E-state index contributed by atoms with van der Waals surface area (Å²) in [6, 6.07) is 19.6. The average Bonchev–Trinajstić information content (AvgIpc) is 2.81. The molecule has 0 saturated heterocycles. The van der Waals surface area contributed by atoms with Crippen molar-refractivity contribution in [3.63, 3.8) is 0 Å². The maximum Gasteiger partial charge on any atom is 0.161 e.